The summed E-state index contributed by atoms with van der Waals surface area (Å²) in [5.41, 5.74) is 4.28. The Morgan fingerprint density at radius 2 is 2.00 bits per heavy atom. The van der Waals surface area contributed by atoms with Gasteiger partial charge in [0.15, 0.2) is 0 Å². The van der Waals surface area contributed by atoms with Crippen molar-refractivity contribution < 1.29 is 0 Å². The predicted molar refractivity (Wildman–Crippen MR) is 96.8 cm³/mol. The molecule has 0 aromatic heterocycles. The maximum atomic E-state index is 2.62. The summed E-state index contributed by atoms with van der Waals surface area (Å²) in [5, 5.41) is 0. The molecule has 0 aliphatic heterocycles. The molecule has 124 valence electrons. The lowest BCUT2D eigenvalue weighted by Crippen LogP contribution is -2.36. The van der Waals surface area contributed by atoms with Crippen molar-refractivity contribution in [2.75, 3.05) is 0 Å². The Morgan fingerprint density at radius 1 is 1.23 bits per heavy atom. The average Bonchev–Trinajstić information content (AvgIpc) is 3.27. The van der Waals surface area contributed by atoms with Crippen molar-refractivity contribution in [1.29, 1.82) is 0 Å². The summed E-state index contributed by atoms with van der Waals surface area (Å²) in [6, 6.07) is 0. The maximum Gasteiger partial charge on any atom is -0.00776 e. The van der Waals surface area contributed by atoms with Crippen LogP contribution in [0.25, 0.3) is 0 Å². The predicted octanol–water partition coefficient (Wildman–Crippen LogP) is 6.92. The standard InChI is InChI=1S/C22H36/c1-5-8-18-9-10-19-14-17(13-16(4)6-2)15-22(11-12-22)21(19)20(18)7-3/h9-10,16-17,19,21H,5-8,11-15H2,1-4H3. The molecule has 2 saturated carbocycles. The lowest BCUT2D eigenvalue weighted by atomic mass is 9.59. The fraction of sp³-hybridized carbons (Fsp3) is 0.818. The van der Waals surface area contributed by atoms with Crippen LogP contribution in [0.2, 0.25) is 0 Å². The third-order valence-electron chi connectivity index (χ3n) is 6.95. The Bertz CT molecular complexity index is 449. The van der Waals surface area contributed by atoms with E-state index in [1.165, 1.54) is 57.8 Å². The summed E-state index contributed by atoms with van der Waals surface area (Å²) in [5.74, 6) is 3.69. The highest BCUT2D eigenvalue weighted by atomic mass is 14.6. The number of hydrogen-bond acceptors (Lipinski definition) is 0. The summed E-state index contributed by atoms with van der Waals surface area (Å²) >= 11 is 0. The van der Waals surface area contributed by atoms with Gasteiger partial charge < -0.3 is 0 Å². The third-order valence-corrected chi connectivity index (χ3v) is 6.95. The van der Waals surface area contributed by atoms with E-state index in [-0.39, 0.29) is 0 Å². The Kier molecular flexibility index (Phi) is 4.86. The first kappa shape index (κ1) is 16.3. The molecule has 3 aliphatic rings. The van der Waals surface area contributed by atoms with Gasteiger partial charge in [0.1, 0.15) is 0 Å². The molecule has 3 rings (SSSR count). The molecule has 0 bridgehead atoms. The zero-order chi connectivity index (χ0) is 15.7. The van der Waals surface area contributed by atoms with Crippen molar-refractivity contribution >= 4 is 0 Å². The largest absolute Gasteiger partial charge is 0.0805 e. The van der Waals surface area contributed by atoms with E-state index in [9.17, 15) is 0 Å². The second-order valence-electron chi connectivity index (χ2n) is 8.57. The van der Waals surface area contributed by atoms with Gasteiger partial charge in [0.05, 0.1) is 0 Å². The van der Waals surface area contributed by atoms with Gasteiger partial charge in [-0.25, -0.2) is 0 Å². The lowest BCUT2D eigenvalue weighted by Gasteiger charge is -2.46. The van der Waals surface area contributed by atoms with Gasteiger partial charge in [-0.05, 0) is 79.6 Å². The normalized spacial score (nSPS) is 33.9. The molecule has 3 aliphatic carbocycles. The van der Waals surface area contributed by atoms with Gasteiger partial charge in [-0.2, -0.15) is 0 Å². The lowest BCUT2D eigenvalue weighted by molar-refractivity contribution is 0.118. The van der Waals surface area contributed by atoms with Crippen LogP contribution in [0.3, 0.4) is 0 Å². The van der Waals surface area contributed by atoms with Gasteiger partial charge in [-0.1, -0.05) is 58.3 Å². The topological polar surface area (TPSA) is 0 Å². The van der Waals surface area contributed by atoms with Crippen molar-refractivity contribution in [2.45, 2.75) is 85.5 Å². The highest BCUT2D eigenvalue weighted by molar-refractivity contribution is 5.36. The Morgan fingerprint density at radius 3 is 2.59 bits per heavy atom. The average molecular weight is 301 g/mol. The van der Waals surface area contributed by atoms with Crippen LogP contribution in [0.1, 0.15) is 85.5 Å². The molecule has 0 nitrogen and oxygen atoms in total. The molecule has 0 aromatic rings. The van der Waals surface area contributed by atoms with Crippen LogP contribution in [0.5, 0.6) is 0 Å². The Balaban J connectivity index is 1.81. The molecular weight excluding hydrogens is 264 g/mol. The molecule has 4 unspecified atom stereocenters. The van der Waals surface area contributed by atoms with Gasteiger partial charge in [0, 0.05) is 0 Å². The molecule has 0 heteroatoms. The van der Waals surface area contributed by atoms with Crippen LogP contribution >= 0.6 is 0 Å². The van der Waals surface area contributed by atoms with E-state index in [1.807, 2.05) is 5.57 Å². The van der Waals surface area contributed by atoms with E-state index in [4.69, 9.17) is 0 Å². The summed E-state index contributed by atoms with van der Waals surface area (Å²) in [4.78, 5) is 0. The van der Waals surface area contributed by atoms with Gasteiger partial charge in [-0.3, -0.25) is 0 Å². The summed E-state index contributed by atoms with van der Waals surface area (Å²) in [6.45, 7) is 9.55. The second-order valence-corrected chi connectivity index (χ2v) is 8.57. The van der Waals surface area contributed by atoms with E-state index in [0.717, 1.165) is 29.1 Å². The van der Waals surface area contributed by atoms with E-state index in [2.05, 4.69) is 39.8 Å². The van der Waals surface area contributed by atoms with E-state index in [1.54, 1.807) is 5.57 Å². The molecule has 0 N–H and O–H groups in total. The first-order valence-corrected chi connectivity index (χ1v) is 10.0. The van der Waals surface area contributed by atoms with Crippen LogP contribution in [-0.4, -0.2) is 0 Å². The number of allylic oxidation sites excluding steroid dienone is 4. The van der Waals surface area contributed by atoms with E-state index >= 15 is 0 Å². The molecule has 1 spiro atoms. The van der Waals surface area contributed by atoms with Crippen LogP contribution in [0, 0.1) is 29.1 Å². The minimum absolute atomic E-state index is 0.718. The van der Waals surface area contributed by atoms with Crippen molar-refractivity contribution in [2.24, 2.45) is 29.1 Å². The number of hydrogen-bond donors (Lipinski definition) is 0. The fourth-order valence-corrected chi connectivity index (χ4v) is 5.68. The molecular formula is C22H36. The molecule has 22 heavy (non-hydrogen) atoms. The molecule has 0 amide bonds. The molecule has 0 saturated heterocycles. The van der Waals surface area contributed by atoms with Gasteiger partial charge in [0.25, 0.3) is 0 Å². The first-order chi connectivity index (χ1) is 10.6. The van der Waals surface area contributed by atoms with Gasteiger partial charge in [-0.15, -0.1) is 0 Å². The monoisotopic (exact) mass is 300 g/mol. The van der Waals surface area contributed by atoms with Gasteiger partial charge >= 0.3 is 0 Å². The van der Waals surface area contributed by atoms with Gasteiger partial charge in [0.2, 0.25) is 0 Å². The fourth-order valence-electron chi connectivity index (χ4n) is 5.68. The minimum atomic E-state index is 0.718. The summed E-state index contributed by atoms with van der Waals surface area (Å²) in [6.07, 6.45) is 17.9. The maximum absolute atomic E-state index is 2.62. The SMILES string of the molecule is CCCC1=C(CC)C2C(C=C1)CC(CC(C)CC)CC21CC1. The molecule has 0 aromatic carbocycles. The van der Waals surface area contributed by atoms with Crippen molar-refractivity contribution in [3.63, 3.8) is 0 Å². The summed E-state index contributed by atoms with van der Waals surface area (Å²) in [7, 11) is 0. The van der Waals surface area contributed by atoms with Crippen molar-refractivity contribution in [3.05, 3.63) is 23.3 Å². The van der Waals surface area contributed by atoms with Crippen LogP contribution < -0.4 is 0 Å². The number of fused-ring (bicyclic) bond motifs is 2. The highest BCUT2D eigenvalue weighted by Crippen LogP contribution is 2.66. The summed E-state index contributed by atoms with van der Waals surface area (Å²) < 4.78 is 0. The van der Waals surface area contributed by atoms with Crippen molar-refractivity contribution in [3.8, 4) is 0 Å². The quantitative estimate of drug-likeness (QED) is 0.499. The Hall–Kier alpha value is -0.520. The highest BCUT2D eigenvalue weighted by Gasteiger charge is 2.56. The number of rotatable bonds is 6. The molecule has 2 fully saturated rings. The second kappa shape index (κ2) is 6.54. The zero-order valence-corrected chi connectivity index (χ0v) is 15.3. The minimum Gasteiger partial charge on any atom is -0.0805 e. The van der Waals surface area contributed by atoms with E-state index in [0.29, 0.717) is 0 Å². The smallest absolute Gasteiger partial charge is 0.00776 e. The van der Waals surface area contributed by atoms with Crippen LogP contribution in [0.4, 0.5) is 0 Å². The Labute approximate surface area is 138 Å². The molecule has 4 atom stereocenters. The van der Waals surface area contributed by atoms with Crippen LogP contribution in [0.15, 0.2) is 23.3 Å². The third kappa shape index (κ3) is 2.95. The first-order valence-electron chi connectivity index (χ1n) is 10.0. The van der Waals surface area contributed by atoms with Crippen LogP contribution in [-0.2, 0) is 0 Å². The zero-order valence-electron chi connectivity index (χ0n) is 15.3. The van der Waals surface area contributed by atoms with E-state index < -0.39 is 0 Å². The molecule has 0 heterocycles. The van der Waals surface area contributed by atoms with Crippen molar-refractivity contribution in [1.82, 2.24) is 0 Å². The molecule has 0 radical (unpaired) electrons.